The Balaban J connectivity index is 1.73. The number of nitrogens with one attached hydrogen (secondary N) is 2. The van der Waals surface area contributed by atoms with E-state index in [4.69, 9.17) is 4.42 Å². The Morgan fingerprint density at radius 1 is 1.32 bits per heavy atom. The number of ketones is 1. The molecular formula is C16H16N2O4. The largest absolute Gasteiger partial charge is 0.469 e. The summed E-state index contributed by atoms with van der Waals surface area (Å²) in [5.41, 5.74) is 0.618. The summed E-state index contributed by atoms with van der Waals surface area (Å²) in [5.74, 6) is 0.256. The van der Waals surface area contributed by atoms with Crippen molar-refractivity contribution in [2.24, 2.45) is 0 Å². The molecule has 0 radical (unpaired) electrons. The minimum atomic E-state index is -0.478. The Kier molecular flexibility index (Phi) is 3.91. The second kappa shape index (κ2) is 6.01. The van der Waals surface area contributed by atoms with Crippen LogP contribution in [0.3, 0.4) is 0 Å². The number of hydrogen-bond donors (Lipinski definition) is 2. The number of carbonyl (C=O) groups excluding carboxylic acids is 2. The minimum absolute atomic E-state index is 0.0200. The lowest BCUT2D eigenvalue weighted by Gasteiger charge is -2.14. The van der Waals surface area contributed by atoms with E-state index in [9.17, 15) is 14.4 Å². The van der Waals surface area contributed by atoms with Gasteiger partial charge in [0.15, 0.2) is 5.78 Å². The smallest absolute Gasteiger partial charge is 0.261 e. The fourth-order valence-electron chi connectivity index (χ4n) is 2.59. The molecule has 0 unspecified atom stereocenters. The molecule has 1 amide bonds. The first-order valence-corrected chi connectivity index (χ1v) is 7.25. The number of carbonyl (C=O) groups is 2. The maximum atomic E-state index is 12.1. The zero-order valence-electron chi connectivity index (χ0n) is 12.0. The third-order valence-corrected chi connectivity index (χ3v) is 3.74. The molecule has 2 N–H and O–H groups in total. The van der Waals surface area contributed by atoms with Gasteiger partial charge in [-0.15, -0.1) is 0 Å². The van der Waals surface area contributed by atoms with Gasteiger partial charge in [0.2, 0.25) is 0 Å². The molecule has 2 heterocycles. The lowest BCUT2D eigenvalue weighted by Crippen LogP contribution is -2.32. The zero-order chi connectivity index (χ0) is 15.5. The van der Waals surface area contributed by atoms with Gasteiger partial charge in [0.25, 0.3) is 11.5 Å². The number of amides is 1. The topological polar surface area (TPSA) is 92.2 Å². The van der Waals surface area contributed by atoms with Crippen molar-refractivity contribution in [3.63, 3.8) is 0 Å². The van der Waals surface area contributed by atoms with Gasteiger partial charge in [-0.3, -0.25) is 14.4 Å². The summed E-state index contributed by atoms with van der Waals surface area (Å²) in [6.07, 6.45) is 3.96. The number of aromatic amines is 1. The number of pyridine rings is 1. The molecule has 3 rings (SSSR count). The van der Waals surface area contributed by atoms with Gasteiger partial charge in [-0.05, 0) is 31.0 Å². The molecular weight excluding hydrogens is 284 g/mol. The molecule has 1 aliphatic rings. The zero-order valence-corrected chi connectivity index (χ0v) is 12.0. The van der Waals surface area contributed by atoms with E-state index in [1.54, 1.807) is 12.3 Å². The number of furan rings is 1. The van der Waals surface area contributed by atoms with Gasteiger partial charge in [-0.2, -0.15) is 0 Å². The number of rotatable bonds is 4. The Labute approximate surface area is 126 Å². The predicted octanol–water partition coefficient (Wildman–Crippen LogP) is 1.46. The summed E-state index contributed by atoms with van der Waals surface area (Å²) in [6.45, 7) is 0.358. The number of fused-ring (bicyclic) bond motifs is 1. The summed E-state index contributed by atoms with van der Waals surface area (Å²) in [5, 5.41) is 2.67. The average molecular weight is 300 g/mol. The molecule has 0 atom stereocenters. The standard InChI is InChI=1S/C16H16N2O4/c19-14-5-1-4-13-11(14)9-12(16(21)18-13)15(20)17-7-6-10-3-2-8-22-10/h2-3,8-9H,1,4-7H2,(H,17,20)(H,18,21). The molecule has 114 valence electrons. The molecule has 2 aromatic heterocycles. The number of aromatic nitrogens is 1. The van der Waals surface area contributed by atoms with E-state index in [0.717, 1.165) is 12.2 Å². The van der Waals surface area contributed by atoms with Crippen LogP contribution in [-0.2, 0) is 12.8 Å². The van der Waals surface area contributed by atoms with Gasteiger partial charge >= 0.3 is 0 Å². The van der Waals surface area contributed by atoms with Crippen molar-refractivity contribution in [3.8, 4) is 0 Å². The summed E-state index contributed by atoms with van der Waals surface area (Å²) in [6, 6.07) is 5.01. The SMILES string of the molecule is O=C1CCCc2[nH]c(=O)c(C(=O)NCCc3ccco3)cc21. The monoisotopic (exact) mass is 300 g/mol. The third kappa shape index (κ3) is 2.86. The first kappa shape index (κ1) is 14.3. The highest BCUT2D eigenvalue weighted by Crippen LogP contribution is 2.18. The average Bonchev–Trinajstić information content (AvgIpc) is 3.00. The van der Waals surface area contributed by atoms with Crippen LogP contribution in [0.1, 0.15) is 45.0 Å². The van der Waals surface area contributed by atoms with E-state index < -0.39 is 11.5 Å². The Bertz CT molecular complexity index is 759. The van der Waals surface area contributed by atoms with Crippen molar-refractivity contribution < 1.29 is 14.0 Å². The summed E-state index contributed by atoms with van der Waals surface area (Å²) < 4.78 is 5.17. The van der Waals surface area contributed by atoms with Gasteiger partial charge in [0, 0.05) is 30.6 Å². The highest BCUT2D eigenvalue weighted by molar-refractivity contribution is 6.01. The van der Waals surface area contributed by atoms with Crippen LogP contribution in [0.25, 0.3) is 0 Å². The van der Waals surface area contributed by atoms with Crippen LogP contribution in [0.2, 0.25) is 0 Å². The summed E-state index contributed by atoms with van der Waals surface area (Å²) in [7, 11) is 0. The first-order chi connectivity index (χ1) is 10.6. The molecule has 0 aliphatic heterocycles. The van der Waals surface area contributed by atoms with Crippen molar-refractivity contribution >= 4 is 11.7 Å². The fourth-order valence-corrected chi connectivity index (χ4v) is 2.59. The molecule has 0 spiro atoms. The number of H-pyrrole nitrogens is 1. The molecule has 22 heavy (non-hydrogen) atoms. The molecule has 0 fully saturated rings. The fraction of sp³-hybridized carbons (Fsp3) is 0.312. The Morgan fingerprint density at radius 3 is 2.95 bits per heavy atom. The van der Waals surface area contributed by atoms with Gasteiger partial charge in [0.1, 0.15) is 11.3 Å². The van der Waals surface area contributed by atoms with Crippen molar-refractivity contribution in [1.82, 2.24) is 10.3 Å². The maximum absolute atomic E-state index is 12.1. The van der Waals surface area contributed by atoms with Crippen molar-refractivity contribution in [1.29, 1.82) is 0 Å². The van der Waals surface area contributed by atoms with Gasteiger partial charge in [0.05, 0.1) is 6.26 Å². The van der Waals surface area contributed by atoms with E-state index >= 15 is 0 Å². The quantitative estimate of drug-likeness (QED) is 0.894. The van der Waals surface area contributed by atoms with Crippen LogP contribution in [0.4, 0.5) is 0 Å². The number of aryl methyl sites for hydroxylation is 1. The molecule has 6 nitrogen and oxygen atoms in total. The highest BCUT2D eigenvalue weighted by atomic mass is 16.3. The van der Waals surface area contributed by atoms with Crippen LogP contribution < -0.4 is 10.9 Å². The highest BCUT2D eigenvalue weighted by Gasteiger charge is 2.21. The molecule has 0 saturated heterocycles. The lowest BCUT2D eigenvalue weighted by molar-refractivity contribution is 0.0952. The van der Waals surface area contributed by atoms with E-state index in [2.05, 4.69) is 10.3 Å². The van der Waals surface area contributed by atoms with Gasteiger partial charge in [-0.1, -0.05) is 0 Å². The lowest BCUT2D eigenvalue weighted by atomic mass is 9.93. The summed E-state index contributed by atoms with van der Waals surface area (Å²) in [4.78, 5) is 38.6. The summed E-state index contributed by atoms with van der Waals surface area (Å²) >= 11 is 0. The molecule has 0 saturated carbocycles. The van der Waals surface area contributed by atoms with E-state index in [1.807, 2.05) is 6.07 Å². The molecule has 0 aromatic carbocycles. The van der Waals surface area contributed by atoms with Gasteiger partial charge in [-0.25, -0.2) is 0 Å². The van der Waals surface area contributed by atoms with E-state index in [0.29, 0.717) is 37.1 Å². The second-order valence-electron chi connectivity index (χ2n) is 5.27. The molecule has 2 aromatic rings. The Morgan fingerprint density at radius 2 is 2.18 bits per heavy atom. The van der Waals surface area contributed by atoms with Crippen LogP contribution in [0.5, 0.6) is 0 Å². The molecule has 0 bridgehead atoms. The maximum Gasteiger partial charge on any atom is 0.261 e. The van der Waals surface area contributed by atoms with Crippen LogP contribution in [0, 0.1) is 0 Å². The second-order valence-corrected chi connectivity index (χ2v) is 5.27. The van der Waals surface area contributed by atoms with E-state index in [-0.39, 0.29) is 11.3 Å². The van der Waals surface area contributed by atoms with Crippen LogP contribution >= 0.6 is 0 Å². The van der Waals surface area contributed by atoms with Crippen LogP contribution in [-0.4, -0.2) is 23.2 Å². The number of hydrogen-bond acceptors (Lipinski definition) is 4. The normalized spacial score (nSPS) is 13.7. The van der Waals surface area contributed by atoms with Crippen molar-refractivity contribution in [2.75, 3.05) is 6.54 Å². The minimum Gasteiger partial charge on any atom is -0.469 e. The van der Waals surface area contributed by atoms with Crippen molar-refractivity contribution in [2.45, 2.75) is 25.7 Å². The van der Waals surface area contributed by atoms with Gasteiger partial charge < -0.3 is 14.7 Å². The predicted molar refractivity (Wildman–Crippen MR) is 79.1 cm³/mol. The molecule has 6 heteroatoms. The first-order valence-electron chi connectivity index (χ1n) is 7.25. The number of Topliss-reactive ketones (excluding diaryl/α,β-unsaturated/α-hetero) is 1. The Hall–Kier alpha value is -2.63. The van der Waals surface area contributed by atoms with Crippen molar-refractivity contribution in [3.05, 3.63) is 57.4 Å². The molecule has 1 aliphatic carbocycles. The third-order valence-electron chi connectivity index (χ3n) is 3.74. The van der Waals surface area contributed by atoms with E-state index in [1.165, 1.54) is 6.07 Å². The van der Waals surface area contributed by atoms with Crippen LogP contribution in [0.15, 0.2) is 33.7 Å².